The number of pyridine rings is 1. The molecule has 1 saturated heterocycles. The van der Waals surface area contributed by atoms with Gasteiger partial charge in [-0.3, -0.25) is 9.69 Å². The Morgan fingerprint density at radius 3 is 2.75 bits per heavy atom. The largest absolute Gasteiger partial charge is 0.457 e. The van der Waals surface area contributed by atoms with E-state index < -0.39 is 0 Å². The van der Waals surface area contributed by atoms with Crippen molar-refractivity contribution in [1.29, 1.82) is 0 Å². The van der Waals surface area contributed by atoms with Crippen LogP contribution in [0.2, 0.25) is 0 Å². The molecule has 2 N–H and O–H groups in total. The summed E-state index contributed by atoms with van der Waals surface area (Å²) in [6.07, 6.45) is 0.0158. The summed E-state index contributed by atoms with van der Waals surface area (Å²) in [7, 11) is 0. The van der Waals surface area contributed by atoms with E-state index in [1.807, 2.05) is 61.5 Å². The third-order valence-corrected chi connectivity index (χ3v) is 5.66. The van der Waals surface area contributed by atoms with Crippen molar-refractivity contribution in [2.24, 2.45) is 5.73 Å². The molecule has 1 atom stereocenters. The quantitative estimate of drug-likeness (QED) is 0.519. The number of nitrogens with two attached hydrogens (primary N) is 1. The van der Waals surface area contributed by atoms with Gasteiger partial charge in [-0.2, -0.15) is 0 Å². The zero-order valence-corrected chi connectivity index (χ0v) is 18.5. The molecule has 0 radical (unpaired) electrons. The molecule has 7 nitrogen and oxygen atoms in total. The minimum absolute atomic E-state index is 0.00449. The fourth-order valence-corrected chi connectivity index (χ4v) is 4.04. The van der Waals surface area contributed by atoms with Gasteiger partial charge in [-0.25, -0.2) is 0 Å². The van der Waals surface area contributed by atoms with Crippen LogP contribution in [0.3, 0.4) is 0 Å². The monoisotopic (exact) mass is 437 g/mol. The topological polar surface area (TPSA) is 79.0 Å². The van der Waals surface area contributed by atoms with Crippen LogP contribution in [-0.2, 0) is 22.6 Å². The van der Waals surface area contributed by atoms with Gasteiger partial charge < -0.3 is 24.5 Å². The Morgan fingerprint density at radius 2 is 1.97 bits per heavy atom. The number of ether oxygens (including phenoxy) is 3. The van der Waals surface area contributed by atoms with Crippen molar-refractivity contribution in [1.82, 2.24) is 9.47 Å². The van der Waals surface area contributed by atoms with Crippen LogP contribution in [0.1, 0.15) is 12.5 Å². The highest BCUT2D eigenvalue weighted by Crippen LogP contribution is 2.26. The maximum Gasteiger partial charge on any atom is 0.255 e. The van der Waals surface area contributed by atoms with Gasteiger partial charge in [0.25, 0.3) is 5.56 Å². The van der Waals surface area contributed by atoms with Gasteiger partial charge in [-0.15, -0.1) is 0 Å². The van der Waals surface area contributed by atoms with E-state index in [0.29, 0.717) is 45.2 Å². The summed E-state index contributed by atoms with van der Waals surface area (Å²) in [5.41, 5.74) is 7.39. The molecule has 1 aromatic heterocycles. The summed E-state index contributed by atoms with van der Waals surface area (Å²) in [5, 5.41) is 1.00. The SMILES string of the molecule is CCOCCn1c(=O)c(CN2CCOC(CN)C2)cc2ccc(Oc3ccccc3)cc21. The van der Waals surface area contributed by atoms with Gasteiger partial charge in [0.2, 0.25) is 0 Å². The summed E-state index contributed by atoms with van der Waals surface area (Å²) in [6, 6.07) is 17.5. The molecule has 1 unspecified atom stereocenters. The van der Waals surface area contributed by atoms with E-state index in [1.165, 1.54) is 0 Å². The molecule has 4 rings (SSSR count). The van der Waals surface area contributed by atoms with Crippen LogP contribution in [0.5, 0.6) is 11.5 Å². The van der Waals surface area contributed by atoms with E-state index in [9.17, 15) is 4.79 Å². The van der Waals surface area contributed by atoms with Gasteiger partial charge >= 0.3 is 0 Å². The molecule has 0 amide bonds. The first-order chi connectivity index (χ1) is 15.7. The predicted molar refractivity (Wildman–Crippen MR) is 125 cm³/mol. The number of aromatic nitrogens is 1. The molecule has 170 valence electrons. The van der Waals surface area contributed by atoms with Crippen LogP contribution in [-0.4, -0.2) is 55.0 Å². The molecule has 0 aliphatic carbocycles. The Balaban J connectivity index is 1.67. The molecular weight excluding hydrogens is 406 g/mol. The van der Waals surface area contributed by atoms with E-state index in [0.717, 1.165) is 35.3 Å². The van der Waals surface area contributed by atoms with Crippen LogP contribution >= 0.6 is 0 Å². The van der Waals surface area contributed by atoms with Crippen LogP contribution in [0, 0.1) is 0 Å². The second kappa shape index (κ2) is 10.7. The molecule has 3 aromatic rings. The van der Waals surface area contributed by atoms with E-state index in [2.05, 4.69) is 4.90 Å². The van der Waals surface area contributed by atoms with Gasteiger partial charge in [0, 0.05) is 51.0 Å². The third kappa shape index (κ3) is 5.37. The molecule has 1 fully saturated rings. The van der Waals surface area contributed by atoms with Crippen LogP contribution < -0.4 is 16.0 Å². The summed E-state index contributed by atoms with van der Waals surface area (Å²) in [4.78, 5) is 15.7. The van der Waals surface area contributed by atoms with E-state index in [4.69, 9.17) is 19.9 Å². The third-order valence-electron chi connectivity index (χ3n) is 5.66. The van der Waals surface area contributed by atoms with E-state index in [-0.39, 0.29) is 11.7 Å². The second-order valence-corrected chi connectivity index (χ2v) is 7.92. The molecule has 0 bridgehead atoms. The molecule has 1 aliphatic rings. The number of para-hydroxylation sites is 1. The number of morpholine rings is 1. The lowest BCUT2D eigenvalue weighted by Gasteiger charge is -2.32. The van der Waals surface area contributed by atoms with Crippen molar-refractivity contribution < 1.29 is 14.2 Å². The van der Waals surface area contributed by atoms with Crippen molar-refractivity contribution >= 4 is 10.9 Å². The first-order valence-corrected chi connectivity index (χ1v) is 11.2. The normalized spacial score (nSPS) is 17.0. The number of nitrogens with zero attached hydrogens (tertiary/aromatic N) is 2. The zero-order chi connectivity index (χ0) is 22.3. The average Bonchev–Trinajstić information content (AvgIpc) is 2.82. The first-order valence-electron chi connectivity index (χ1n) is 11.2. The summed E-state index contributed by atoms with van der Waals surface area (Å²) in [6.45, 7) is 6.74. The molecule has 32 heavy (non-hydrogen) atoms. The number of hydrogen-bond donors (Lipinski definition) is 1. The highest BCUT2D eigenvalue weighted by molar-refractivity contribution is 5.81. The van der Waals surface area contributed by atoms with Gasteiger partial charge in [0.1, 0.15) is 11.5 Å². The Morgan fingerprint density at radius 1 is 1.12 bits per heavy atom. The Kier molecular flexibility index (Phi) is 7.55. The predicted octanol–water partition coefficient (Wildman–Crippen LogP) is 2.99. The summed E-state index contributed by atoms with van der Waals surface area (Å²) < 4.78 is 19.0. The lowest BCUT2D eigenvalue weighted by Crippen LogP contribution is -2.45. The minimum Gasteiger partial charge on any atom is -0.457 e. The Bertz CT molecular complexity index is 1080. The smallest absolute Gasteiger partial charge is 0.255 e. The van der Waals surface area contributed by atoms with Gasteiger partial charge in [0.15, 0.2) is 0 Å². The van der Waals surface area contributed by atoms with E-state index in [1.54, 1.807) is 4.57 Å². The minimum atomic E-state index is 0.00449. The highest BCUT2D eigenvalue weighted by Gasteiger charge is 2.21. The standard InChI is InChI=1S/C25H31N3O4/c1-2-30-12-11-28-24-15-22(32-21-6-4-3-5-7-21)9-8-19(24)14-20(25(28)29)17-27-10-13-31-23(16-26)18-27/h3-9,14-15,23H,2,10-13,16-18,26H2,1H3. The Labute approximate surface area is 188 Å². The molecule has 0 saturated carbocycles. The second-order valence-electron chi connectivity index (χ2n) is 7.92. The molecule has 2 heterocycles. The van der Waals surface area contributed by atoms with E-state index >= 15 is 0 Å². The summed E-state index contributed by atoms with van der Waals surface area (Å²) >= 11 is 0. The number of benzene rings is 2. The fraction of sp³-hybridized carbons (Fsp3) is 0.400. The van der Waals surface area contributed by atoms with Crippen molar-refractivity contribution in [2.75, 3.05) is 39.5 Å². The fourth-order valence-electron chi connectivity index (χ4n) is 4.04. The number of rotatable bonds is 9. The molecule has 0 spiro atoms. The molecule has 2 aromatic carbocycles. The first kappa shape index (κ1) is 22.5. The maximum atomic E-state index is 13.5. The van der Waals surface area contributed by atoms with Gasteiger partial charge in [0.05, 0.1) is 24.8 Å². The van der Waals surface area contributed by atoms with Crippen LogP contribution in [0.25, 0.3) is 10.9 Å². The molecular formula is C25H31N3O4. The Hall–Kier alpha value is -2.71. The highest BCUT2D eigenvalue weighted by atomic mass is 16.5. The maximum absolute atomic E-state index is 13.5. The molecule has 1 aliphatic heterocycles. The average molecular weight is 438 g/mol. The van der Waals surface area contributed by atoms with Crippen LogP contribution in [0.15, 0.2) is 59.4 Å². The zero-order valence-electron chi connectivity index (χ0n) is 18.5. The number of fused-ring (bicyclic) bond motifs is 1. The van der Waals surface area contributed by atoms with Gasteiger partial charge in [-0.1, -0.05) is 18.2 Å². The lowest BCUT2D eigenvalue weighted by atomic mass is 10.1. The lowest BCUT2D eigenvalue weighted by molar-refractivity contribution is -0.0261. The van der Waals surface area contributed by atoms with Crippen molar-refractivity contribution in [2.45, 2.75) is 26.1 Å². The van der Waals surface area contributed by atoms with Crippen LogP contribution in [0.4, 0.5) is 0 Å². The summed E-state index contributed by atoms with van der Waals surface area (Å²) in [5.74, 6) is 1.45. The van der Waals surface area contributed by atoms with Crippen molar-refractivity contribution in [3.8, 4) is 11.5 Å². The number of hydrogen-bond acceptors (Lipinski definition) is 6. The van der Waals surface area contributed by atoms with Crippen molar-refractivity contribution in [3.63, 3.8) is 0 Å². The van der Waals surface area contributed by atoms with Crippen molar-refractivity contribution in [3.05, 3.63) is 70.5 Å². The molecule has 7 heteroatoms. The van der Waals surface area contributed by atoms with Gasteiger partial charge in [-0.05, 0) is 42.6 Å².